The molecule has 0 atom stereocenters. The van der Waals surface area contributed by atoms with Crippen molar-refractivity contribution in [3.8, 4) is 0 Å². The highest BCUT2D eigenvalue weighted by molar-refractivity contribution is 5.92. The van der Waals surface area contributed by atoms with E-state index in [0.717, 1.165) is 11.5 Å². The number of aromatic nitrogens is 2. The van der Waals surface area contributed by atoms with Crippen molar-refractivity contribution in [2.45, 2.75) is 13.5 Å². The van der Waals surface area contributed by atoms with Crippen molar-refractivity contribution in [1.29, 1.82) is 0 Å². The Morgan fingerprint density at radius 2 is 2.44 bits per heavy atom. The maximum atomic E-state index is 11.8. The zero-order chi connectivity index (χ0) is 11.5. The third kappa shape index (κ3) is 2.13. The molecule has 2 aromatic rings. The predicted molar refractivity (Wildman–Crippen MR) is 57.8 cm³/mol. The summed E-state index contributed by atoms with van der Waals surface area (Å²) in [6.45, 7) is 2.24. The average molecular weight is 219 g/mol. The van der Waals surface area contributed by atoms with Crippen molar-refractivity contribution in [2.24, 2.45) is 7.05 Å². The van der Waals surface area contributed by atoms with Crippen LogP contribution in [0.3, 0.4) is 0 Å². The SMILES string of the molecule is Cc1cc(C(=O)NCc2ccco2)n(C)n1. The fourth-order valence-corrected chi connectivity index (χ4v) is 1.49. The minimum atomic E-state index is -0.153. The fraction of sp³-hybridized carbons (Fsp3) is 0.273. The van der Waals surface area contributed by atoms with Crippen LogP contribution in [0.4, 0.5) is 0 Å². The molecule has 2 heterocycles. The predicted octanol–water partition coefficient (Wildman–Crippen LogP) is 1.25. The molecule has 0 bridgehead atoms. The van der Waals surface area contributed by atoms with Crippen LogP contribution >= 0.6 is 0 Å². The highest BCUT2D eigenvalue weighted by Gasteiger charge is 2.11. The third-order valence-electron chi connectivity index (χ3n) is 2.24. The molecule has 2 aromatic heterocycles. The van der Waals surface area contributed by atoms with E-state index >= 15 is 0 Å². The first kappa shape index (κ1) is 10.5. The summed E-state index contributed by atoms with van der Waals surface area (Å²) in [6.07, 6.45) is 1.58. The summed E-state index contributed by atoms with van der Waals surface area (Å²) in [6, 6.07) is 5.35. The molecule has 0 unspecified atom stereocenters. The molecule has 1 N–H and O–H groups in total. The quantitative estimate of drug-likeness (QED) is 0.845. The Balaban J connectivity index is 2.01. The van der Waals surface area contributed by atoms with Gasteiger partial charge < -0.3 is 9.73 Å². The van der Waals surface area contributed by atoms with Crippen LogP contribution in [0, 0.1) is 6.92 Å². The highest BCUT2D eigenvalue weighted by Crippen LogP contribution is 2.03. The summed E-state index contributed by atoms with van der Waals surface area (Å²) in [5.74, 6) is 0.576. The Kier molecular flexibility index (Phi) is 2.76. The summed E-state index contributed by atoms with van der Waals surface area (Å²) < 4.78 is 6.68. The summed E-state index contributed by atoms with van der Waals surface area (Å²) in [5.41, 5.74) is 1.37. The molecule has 0 saturated carbocycles. The number of nitrogens with zero attached hydrogens (tertiary/aromatic N) is 2. The maximum absolute atomic E-state index is 11.8. The lowest BCUT2D eigenvalue weighted by molar-refractivity contribution is 0.0938. The number of hydrogen-bond acceptors (Lipinski definition) is 3. The number of rotatable bonds is 3. The van der Waals surface area contributed by atoms with Gasteiger partial charge in [0.25, 0.3) is 5.91 Å². The molecule has 0 radical (unpaired) electrons. The number of aryl methyl sites for hydroxylation is 2. The molecule has 16 heavy (non-hydrogen) atoms. The first-order valence-electron chi connectivity index (χ1n) is 4.98. The normalized spacial score (nSPS) is 10.4. The monoisotopic (exact) mass is 219 g/mol. The topological polar surface area (TPSA) is 60.1 Å². The van der Waals surface area contributed by atoms with Crippen LogP contribution in [0.1, 0.15) is 21.9 Å². The molecule has 0 aliphatic rings. The van der Waals surface area contributed by atoms with Crippen LogP contribution in [-0.2, 0) is 13.6 Å². The number of amides is 1. The van der Waals surface area contributed by atoms with Gasteiger partial charge in [0.05, 0.1) is 18.5 Å². The van der Waals surface area contributed by atoms with Gasteiger partial charge in [0.2, 0.25) is 0 Å². The van der Waals surface area contributed by atoms with Crippen molar-refractivity contribution < 1.29 is 9.21 Å². The maximum Gasteiger partial charge on any atom is 0.269 e. The van der Waals surface area contributed by atoms with Crippen LogP contribution in [-0.4, -0.2) is 15.7 Å². The number of nitrogens with one attached hydrogen (secondary N) is 1. The zero-order valence-corrected chi connectivity index (χ0v) is 9.23. The Bertz CT molecular complexity index is 485. The van der Waals surface area contributed by atoms with Crippen molar-refractivity contribution >= 4 is 5.91 Å². The molecule has 5 nitrogen and oxygen atoms in total. The molecule has 0 aromatic carbocycles. The van der Waals surface area contributed by atoms with Crippen LogP contribution in [0.25, 0.3) is 0 Å². The van der Waals surface area contributed by atoms with Crippen molar-refractivity contribution in [3.63, 3.8) is 0 Å². The Morgan fingerprint density at radius 1 is 1.62 bits per heavy atom. The molecule has 0 spiro atoms. The molecule has 0 aliphatic heterocycles. The molecular weight excluding hydrogens is 206 g/mol. The van der Waals surface area contributed by atoms with Gasteiger partial charge in [0, 0.05) is 7.05 Å². The second-order valence-corrected chi connectivity index (χ2v) is 3.56. The Hall–Kier alpha value is -2.04. The molecule has 5 heteroatoms. The second kappa shape index (κ2) is 4.22. The number of carbonyl (C=O) groups excluding carboxylic acids is 1. The van der Waals surface area contributed by atoms with E-state index in [0.29, 0.717) is 12.2 Å². The smallest absolute Gasteiger partial charge is 0.269 e. The van der Waals surface area contributed by atoms with Gasteiger partial charge in [-0.25, -0.2) is 0 Å². The van der Waals surface area contributed by atoms with E-state index in [1.165, 1.54) is 0 Å². The van der Waals surface area contributed by atoms with Crippen molar-refractivity contribution in [2.75, 3.05) is 0 Å². The van der Waals surface area contributed by atoms with E-state index in [9.17, 15) is 4.79 Å². The van der Waals surface area contributed by atoms with E-state index in [2.05, 4.69) is 10.4 Å². The summed E-state index contributed by atoms with van der Waals surface area (Å²) in [5, 5.41) is 6.87. The minimum absolute atomic E-state index is 0.153. The number of furan rings is 1. The third-order valence-corrected chi connectivity index (χ3v) is 2.24. The van der Waals surface area contributed by atoms with Gasteiger partial charge in [-0.3, -0.25) is 9.48 Å². The number of carbonyl (C=O) groups is 1. The van der Waals surface area contributed by atoms with Gasteiger partial charge in [-0.15, -0.1) is 0 Å². The highest BCUT2D eigenvalue weighted by atomic mass is 16.3. The van der Waals surface area contributed by atoms with E-state index in [4.69, 9.17) is 4.42 Å². The molecule has 2 rings (SSSR count). The number of hydrogen-bond donors (Lipinski definition) is 1. The first-order chi connectivity index (χ1) is 7.66. The average Bonchev–Trinajstić information content (AvgIpc) is 2.84. The van der Waals surface area contributed by atoms with Gasteiger partial charge in [-0.2, -0.15) is 5.10 Å². The largest absolute Gasteiger partial charge is 0.467 e. The molecular formula is C11H13N3O2. The van der Waals surface area contributed by atoms with Crippen LogP contribution in [0.2, 0.25) is 0 Å². The lowest BCUT2D eigenvalue weighted by Crippen LogP contribution is -2.24. The van der Waals surface area contributed by atoms with Crippen LogP contribution in [0.5, 0.6) is 0 Å². The van der Waals surface area contributed by atoms with E-state index in [1.54, 1.807) is 30.1 Å². The summed E-state index contributed by atoms with van der Waals surface area (Å²) in [7, 11) is 1.74. The van der Waals surface area contributed by atoms with E-state index in [1.807, 2.05) is 13.0 Å². The molecule has 0 fully saturated rings. The van der Waals surface area contributed by atoms with E-state index < -0.39 is 0 Å². The zero-order valence-electron chi connectivity index (χ0n) is 9.23. The summed E-state index contributed by atoms with van der Waals surface area (Å²) in [4.78, 5) is 11.8. The lowest BCUT2D eigenvalue weighted by atomic mass is 10.3. The lowest BCUT2D eigenvalue weighted by Gasteiger charge is -2.02. The standard InChI is InChI=1S/C11H13N3O2/c1-8-6-10(14(2)13-8)11(15)12-7-9-4-3-5-16-9/h3-6H,7H2,1-2H3,(H,12,15). The van der Waals surface area contributed by atoms with Gasteiger partial charge >= 0.3 is 0 Å². The van der Waals surface area contributed by atoms with Gasteiger partial charge in [-0.05, 0) is 25.1 Å². The molecule has 0 aliphatic carbocycles. The Morgan fingerprint density at radius 3 is 3.00 bits per heavy atom. The summed E-state index contributed by atoms with van der Waals surface area (Å²) >= 11 is 0. The van der Waals surface area contributed by atoms with Gasteiger partial charge in [0.15, 0.2) is 0 Å². The molecule has 0 saturated heterocycles. The van der Waals surface area contributed by atoms with Gasteiger partial charge in [-0.1, -0.05) is 0 Å². The Labute approximate surface area is 93.1 Å². The minimum Gasteiger partial charge on any atom is -0.467 e. The van der Waals surface area contributed by atoms with Crippen molar-refractivity contribution in [1.82, 2.24) is 15.1 Å². The first-order valence-corrected chi connectivity index (χ1v) is 4.98. The van der Waals surface area contributed by atoms with Crippen molar-refractivity contribution in [3.05, 3.63) is 41.6 Å². The molecule has 84 valence electrons. The second-order valence-electron chi connectivity index (χ2n) is 3.56. The van der Waals surface area contributed by atoms with E-state index in [-0.39, 0.29) is 5.91 Å². The fourth-order valence-electron chi connectivity index (χ4n) is 1.49. The molecule has 1 amide bonds. The van der Waals surface area contributed by atoms with Crippen LogP contribution in [0.15, 0.2) is 28.9 Å². The van der Waals surface area contributed by atoms with Gasteiger partial charge in [0.1, 0.15) is 11.5 Å². The van der Waals surface area contributed by atoms with Crippen LogP contribution < -0.4 is 5.32 Å².